The molecule has 100 valence electrons. The number of aromatic nitrogens is 1. The molecule has 1 aromatic rings. The van der Waals surface area contributed by atoms with Gasteiger partial charge in [0.05, 0.1) is 5.02 Å². The fourth-order valence-electron chi connectivity index (χ4n) is 1.45. The topological polar surface area (TPSA) is 68.0 Å². The van der Waals surface area contributed by atoms with Gasteiger partial charge < -0.3 is 11.1 Å². The summed E-state index contributed by atoms with van der Waals surface area (Å²) >= 11 is 7.73. The first kappa shape index (κ1) is 15.1. The molecule has 0 atom stereocenters. The van der Waals surface area contributed by atoms with Crippen molar-refractivity contribution in [2.75, 3.05) is 24.3 Å². The number of amides is 1. The van der Waals surface area contributed by atoms with Crippen LogP contribution < -0.4 is 11.1 Å². The van der Waals surface area contributed by atoms with Gasteiger partial charge in [-0.05, 0) is 37.0 Å². The number of hydrogen-bond donors (Lipinski definition) is 2. The molecule has 3 N–H and O–H groups in total. The molecule has 0 bridgehead atoms. The van der Waals surface area contributed by atoms with Gasteiger partial charge in [0.2, 0.25) is 0 Å². The Morgan fingerprint density at radius 2 is 2.22 bits per heavy atom. The normalized spacial score (nSPS) is 10.3. The number of pyridine rings is 1. The van der Waals surface area contributed by atoms with Crippen molar-refractivity contribution in [1.29, 1.82) is 0 Å². The number of nitrogen functional groups attached to an aromatic ring is 1. The minimum Gasteiger partial charge on any atom is -0.384 e. The maximum absolute atomic E-state index is 11.8. The van der Waals surface area contributed by atoms with Gasteiger partial charge in [-0.15, -0.1) is 0 Å². The Balaban J connectivity index is 2.34. The summed E-state index contributed by atoms with van der Waals surface area (Å²) in [7, 11) is 0. The van der Waals surface area contributed by atoms with E-state index in [-0.39, 0.29) is 11.6 Å². The van der Waals surface area contributed by atoms with Crippen molar-refractivity contribution in [2.24, 2.45) is 0 Å². The standard InChI is InChI=1S/C12H18ClN3OS/c1-18-8-4-2-3-7-15-12(17)11-9(13)5-6-10(14)16-11/h5-6H,2-4,7-8H2,1H3,(H2,14,16)(H,15,17). The Labute approximate surface area is 117 Å². The van der Waals surface area contributed by atoms with Crippen molar-refractivity contribution in [2.45, 2.75) is 19.3 Å². The van der Waals surface area contributed by atoms with E-state index in [1.165, 1.54) is 6.42 Å². The van der Waals surface area contributed by atoms with Crippen LogP contribution >= 0.6 is 23.4 Å². The van der Waals surface area contributed by atoms with Crippen molar-refractivity contribution >= 4 is 35.1 Å². The van der Waals surface area contributed by atoms with Crippen LogP contribution in [0.2, 0.25) is 5.02 Å². The molecule has 0 radical (unpaired) electrons. The summed E-state index contributed by atoms with van der Waals surface area (Å²) in [5.41, 5.74) is 5.72. The highest BCUT2D eigenvalue weighted by Crippen LogP contribution is 2.14. The highest BCUT2D eigenvalue weighted by molar-refractivity contribution is 7.98. The summed E-state index contributed by atoms with van der Waals surface area (Å²) in [5, 5.41) is 3.12. The Bertz CT molecular complexity index is 401. The van der Waals surface area contributed by atoms with Gasteiger partial charge in [-0.2, -0.15) is 11.8 Å². The largest absolute Gasteiger partial charge is 0.384 e. The van der Waals surface area contributed by atoms with E-state index in [4.69, 9.17) is 17.3 Å². The molecular weight excluding hydrogens is 270 g/mol. The van der Waals surface area contributed by atoms with Crippen molar-refractivity contribution in [1.82, 2.24) is 10.3 Å². The highest BCUT2D eigenvalue weighted by atomic mass is 35.5. The zero-order valence-electron chi connectivity index (χ0n) is 10.4. The first-order chi connectivity index (χ1) is 8.65. The molecule has 0 aliphatic heterocycles. The Hall–Kier alpha value is -0.940. The number of carbonyl (C=O) groups is 1. The summed E-state index contributed by atoms with van der Waals surface area (Å²) in [6.07, 6.45) is 5.34. The van der Waals surface area contributed by atoms with Crippen molar-refractivity contribution in [3.05, 3.63) is 22.8 Å². The molecule has 0 saturated heterocycles. The van der Waals surface area contributed by atoms with E-state index in [1.54, 1.807) is 12.1 Å². The van der Waals surface area contributed by atoms with Crippen molar-refractivity contribution in [3.63, 3.8) is 0 Å². The minimum absolute atomic E-state index is 0.195. The molecule has 1 aromatic heterocycles. The Morgan fingerprint density at radius 3 is 2.94 bits per heavy atom. The van der Waals surface area contributed by atoms with Crippen LogP contribution in [0.3, 0.4) is 0 Å². The minimum atomic E-state index is -0.267. The third-order valence-electron chi connectivity index (χ3n) is 2.39. The number of anilines is 1. The van der Waals surface area contributed by atoms with Crippen LogP contribution in [-0.4, -0.2) is 29.4 Å². The van der Waals surface area contributed by atoms with Gasteiger partial charge in [-0.1, -0.05) is 18.0 Å². The van der Waals surface area contributed by atoms with Gasteiger partial charge in [0, 0.05) is 6.54 Å². The Morgan fingerprint density at radius 1 is 1.44 bits per heavy atom. The lowest BCUT2D eigenvalue weighted by atomic mass is 10.2. The number of thioether (sulfide) groups is 1. The number of carbonyl (C=O) groups excluding carboxylic acids is 1. The van der Waals surface area contributed by atoms with Crippen LogP contribution in [0.25, 0.3) is 0 Å². The number of rotatable bonds is 7. The zero-order valence-corrected chi connectivity index (χ0v) is 12.0. The van der Waals surface area contributed by atoms with E-state index in [9.17, 15) is 4.79 Å². The van der Waals surface area contributed by atoms with Gasteiger partial charge in [-0.3, -0.25) is 4.79 Å². The predicted octanol–water partition coefficient (Wildman–Crippen LogP) is 2.58. The van der Waals surface area contributed by atoms with Crippen LogP contribution in [0, 0.1) is 0 Å². The monoisotopic (exact) mass is 287 g/mol. The maximum atomic E-state index is 11.8. The van der Waals surface area contributed by atoms with Crippen LogP contribution in [0.15, 0.2) is 12.1 Å². The van der Waals surface area contributed by atoms with Gasteiger partial charge in [0.15, 0.2) is 0 Å². The summed E-state index contributed by atoms with van der Waals surface area (Å²) in [4.78, 5) is 15.7. The maximum Gasteiger partial charge on any atom is 0.271 e. The molecule has 6 heteroatoms. The lowest BCUT2D eigenvalue weighted by Crippen LogP contribution is -2.26. The molecule has 0 spiro atoms. The fraction of sp³-hybridized carbons (Fsp3) is 0.500. The lowest BCUT2D eigenvalue weighted by Gasteiger charge is -2.06. The van der Waals surface area contributed by atoms with Gasteiger partial charge in [0.25, 0.3) is 5.91 Å². The molecule has 18 heavy (non-hydrogen) atoms. The predicted molar refractivity (Wildman–Crippen MR) is 78.2 cm³/mol. The van der Waals surface area contributed by atoms with Crippen molar-refractivity contribution in [3.8, 4) is 0 Å². The third-order valence-corrected chi connectivity index (χ3v) is 3.40. The number of nitrogens with zero attached hydrogens (tertiary/aromatic N) is 1. The number of nitrogens with two attached hydrogens (primary N) is 1. The molecule has 1 heterocycles. The molecule has 0 fully saturated rings. The second kappa shape index (κ2) is 8.21. The average Bonchev–Trinajstić information content (AvgIpc) is 2.36. The molecule has 1 rings (SSSR count). The number of hydrogen-bond acceptors (Lipinski definition) is 4. The van der Waals surface area contributed by atoms with Gasteiger partial charge >= 0.3 is 0 Å². The van der Waals surface area contributed by atoms with E-state index in [0.717, 1.165) is 18.6 Å². The van der Waals surface area contributed by atoms with E-state index >= 15 is 0 Å². The smallest absolute Gasteiger partial charge is 0.271 e. The Kier molecular flexibility index (Phi) is 6.90. The molecule has 0 unspecified atom stereocenters. The number of unbranched alkanes of at least 4 members (excludes halogenated alkanes) is 2. The molecule has 4 nitrogen and oxygen atoms in total. The summed E-state index contributed by atoms with van der Waals surface area (Å²) < 4.78 is 0. The molecule has 1 amide bonds. The number of nitrogens with one attached hydrogen (secondary N) is 1. The van der Waals surface area contributed by atoms with Crippen LogP contribution in [0.4, 0.5) is 5.82 Å². The van der Waals surface area contributed by atoms with Crippen molar-refractivity contribution < 1.29 is 4.79 Å². The zero-order chi connectivity index (χ0) is 13.4. The van der Waals surface area contributed by atoms with E-state index in [2.05, 4.69) is 16.6 Å². The second-order valence-electron chi connectivity index (χ2n) is 3.88. The molecule has 0 aromatic carbocycles. The van der Waals surface area contributed by atoms with Crippen LogP contribution in [0.1, 0.15) is 29.8 Å². The third kappa shape index (κ3) is 5.14. The quantitative estimate of drug-likeness (QED) is 0.757. The van der Waals surface area contributed by atoms with Crippen LogP contribution in [0.5, 0.6) is 0 Å². The first-order valence-corrected chi connectivity index (χ1v) is 7.61. The highest BCUT2D eigenvalue weighted by Gasteiger charge is 2.11. The fourth-order valence-corrected chi connectivity index (χ4v) is 2.13. The molecule has 0 aliphatic carbocycles. The summed E-state index contributed by atoms with van der Waals surface area (Å²) in [6, 6.07) is 3.15. The summed E-state index contributed by atoms with van der Waals surface area (Å²) in [6.45, 7) is 0.639. The van der Waals surface area contributed by atoms with E-state index in [0.29, 0.717) is 17.4 Å². The van der Waals surface area contributed by atoms with Gasteiger partial charge in [-0.25, -0.2) is 4.98 Å². The number of halogens is 1. The van der Waals surface area contributed by atoms with Gasteiger partial charge in [0.1, 0.15) is 11.5 Å². The molecule has 0 aliphatic rings. The van der Waals surface area contributed by atoms with Crippen LogP contribution in [-0.2, 0) is 0 Å². The average molecular weight is 288 g/mol. The SMILES string of the molecule is CSCCCCCNC(=O)c1nc(N)ccc1Cl. The van der Waals surface area contributed by atoms with E-state index < -0.39 is 0 Å². The lowest BCUT2D eigenvalue weighted by molar-refractivity contribution is 0.0948. The first-order valence-electron chi connectivity index (χ1n) is 5.84. The summed E-state index contributed by atoms with van der Waals surface area (Å²) in [5.74, 6) is 1.19. The van der Waals surface area contributed by atoms with E-state index in [1.807, 2.05) is 11.8 Å². The second-order valence-corrected chi connectivity index (χ2v) is 5.27. The molecule has 0 saturated carbocycles. The molecular formula is C12H18ClN3OS.